The maximum Gasteiger partial charge on any atom is 0.205 e. The molecule has 0 aliphatic rings. The van der Waals surface area contributed by atoms with Gasteiger partial charge < -0.3 is 4.57 Å². The smallest absolute Gasteiger partial charge is 0.205 e. The van der Waals surface area contributed by atoms with Crippen molar-refractivity contribution in [3.63, 3.8) is 0 Å². The Morgan fingerprint density at radius 2 is 2.23 bits per heavy atom. The normalized spacial score (nSPS) is 10.0. The highest BCUT2D eigenvalue weighted by molar-refractivity contribution is 6.06. The van der Waals surface area contributed by atoms with Crippen molar-refractivity contribution in [2.75, 3.05) is 0 Å². The summed E-state index contributed by atoms with van der Waals surface area (Å²) in [5.74, 6) is 0.0918. The van der Waals surface area contributed by atoms with E-state index in [0.717, 1.165) is 0 Å². The van der Waals surface area contributed by atoms with Gasteiger partial charge in [-0.05, 0) is 0 Å². The molecule has 0 radical (unpaired) electrons. The highest BCUT2D eigenvalue weighted by Crippen LogP contribution is 2.01. The molecule has 0 spiro atoms. The number of aryl methyl sites for hydroxylation is 1. The third kappa shape index (κ3) is 2.24. The van der Waals surface area contributed by atoms with Crippen molar-refractivity contribution in [3.8, 4) is 0 Å². The van der Waals surface area contributed by atoms with Crippen molar-refractivity contribution < 1.29 is 9.59 Å². The fourth-order valence-electron chi connectivity index (χ4n) is 1.02. The Labute approximate surface area is 76.6 Å². The summed E-state index contributed by atoms with van der Waals surface area (Å²) in [5.41, 5.74) is 0. The third-order valence-electron chi connectivity index (χ3n) is 1.82. The van der Waals surface area contributed by atoms with E-state index >= 15 is 0 Å². The lowest BCUT2D eigenvalue weighted by Gasteiger charge is -1.98. The van der Waals surface area contributed by atoms with Crippen molar-refractivity contribution in [2.24, 2.45) is 7.05 Å². The van der Waals surface area contributed by atoms with Crippen molar-refractivity contribution in [2.45, 2.75) is 19.8 Å². The molecule has 13 heavy (non-hydrogen) atoms. The number of rotatable bonds is 4. The minimum atomic E-state index is -0.209. The average molecular weight is 180 g/mol. The van der Waals surface area contributed by atoms with Gasteiger partial charge in [-0.1, -0.05) is 6.92 Å². The van der Waals surface area contributed by atoms with Gasteiger partial charge in [-0.25, -0.2) is 4.98 Å². The van der Waals surface area contributed by atoms with Crippen molar-refractivity contribution in [1.82, 2.24) is 9.55 Å². The molecular weight excluding hydrogens is 168 g/mol. The number of aromatic nitrogens is 2. The van der Waals surface area contributed by atoms with Crippen LogP contribution in [0.3, 0.4) is 0 Å². The van der Waals surface area contributed by atoms with E-state index < -0.39 is 0 Å². The van der Waals surface area contributed by atoms with E-state index in [1.807, 2.05) is 0 Å². The first-order valence-corrected chi connectivity index (χ1v) is 4.17. The Kier molecular flexibility index (Phi) is 2.95. The second kappa shape index (κ2) is 3.98. The van der Waals surface area contributed by atoms with Gasteiger partial charge in [0, 0.05) is 25.9 Å². The lowest BCUT2D eigenvalue weighted by Crippen LogP contribution is -2.11. The van der Waals surface area contributed by atoms with Crippen LogP contribution in [0, 0.1) is 0 Å². The predicted molar refractivity (Wildman–Crippen MR) is 47.5 cm³/mol. The van der Waals surface area contributed by atoms with Crippen LogP contribution in [-0.4, -0.2) is 21.1 Å². The molecule has 0 fully saturated rings. The molecule has 0 saturated carbocycles. The Morgan fingerprint density at radius 1 is 1.54 bits per heavy atom. The summed E-state index contributed by atoms with van der Waals surface area (Å²) >= 11 is 0. The molecule has 0 N–H and O–H groups in total. The van der Waals surface area contributed by atoms with Gasteiger partial charge in [0.05, 0.1) is 6.42 Å². The monoisotopic (exact) mass is 180 g/mol. The molecule has 0 aliphatic heterocycles. The molecule has 0 atom stereocenters. The molecule has 1 aromatic rings. The van der Waals surface area contributed by atoms with Gasteiger partial charge >= 0.3 is 0 Å². The molecule has 0 amide bonds. The van der Waals surface area contributed by atoms with Crippen LogP contribution in [0.1, 0.15) is 30.4 Å². The van der Waals surface area contributed by atoms with E-state index in [0.29, 0.717) is 12.2 Å². The molecule has 70 valence electrons. The minimum Gasteiger partial charge on any atom is -0.332 e. The highest BCUT2D eigenvalue weighted by Gasteiger charge is 2.13. The average Bonchev–Trinajstić information content (AvgIpc) is 2.51. The van der Waals surface area contributed by atoms with Gasteiger partial charge in [0.1, 0.15) is 5.78 Å². The minimum absolute atomic E-state index is 0.0403. The Morgan fingerprint density at radius 3 is 2.69 bits per heavy atom. The lowest BCUT2D eigenvalue weighted by atomic mass is 10.1. The first-order valence-electron chi connectivity index (χ1n) is 4.17. The Bertz CT molecular complexity index is 328. The number of Topliss-reactive ketones (excluding diaryl/α,β-unsaturated/α-hetero) is 2. The molecule has 0 aliphatic carbocycles. The van der Waals surface area contributed by atoms with Crippen LogP contribution >= 0.6 is 0 Å². The van der Waals surface area contributed by atoms with Gasteiger partial charge in [-0.3, -0.25) is 9.59 Å². The second-order valence-corrected chi connectivity index (χ2v) is 2.85. The molecule has 1 aromatic heterocycles. The van der Waals surface area contributed by atoms with Crippen molar-refractivity contribution in [3.05, 3.63) is 18.2 Å². The molecule has 0 bridgehead atoms. The standard InChI is InChI=1S/C9H12N2O2/c1-3-7(12)6-8(13)9-10-4-5-11(9)2/h4-5H,3,6H2,1-2H3. The summed E-state index contributed by atoms with van der Waals surface area (Å²) in [5, 5.41) is 0. The number of nitrogens with zero attached hydrogens (tertiary/aromatic N) is 2. The number of carbonyl (C=O) groups is 2. The maximum atomic E-state index is 11.4. The van der Waals surface area contributed by atoms with E-state index in [1.165, 1.54) is 0 Å². The number of carbonyl (C=O) groups excluding carboxylic acids is 2. The van der Waals surface area contributed by atoms with Crippen LogP contribution < -0.4 is 0 Å². The first kappa shape index (κ1) is 9.64. The fourth-order valence-corrected chi connectivity index (χ4v) is 1.02. The zero-order valence-corrected chi connectivity index (χ0v) is 7.78. The number of imidazole rings is 1. The molecule has 0 saturated heterocycles. The van der Waals surface area contributed by atoms with Gasteiger partial charge in [-0.2, -0.15) is 0 Å². The quantitative estimate of drug-likeness (QED) is 0.512. The molecule has 0 unspecified atom stereocenters. The first-order chi connectivity index (χ1) is 6.15. The van der Waals surface area contributed by atoms with E-state index in [9.17, 15) is 9.59 Å². The summed E-state index contributed by atoms with van der Waals surface area (Å²) < 4.78 is 1.62. The van der Waals surface area contributed by atoms with Crippen LogP contribution in [0.4, 0.5) is 0 Å². The molecule has 0 aromatic carbocycles. The van der Waals surface area contributed by atoms with Crippen LogP contribution in [0.5, 0.6) is 0 Å². The van der Waals surface area contributed by atoms with Crippen LogP contribution in [0.15, 0.2) is 12.4 Å². The lowest BCUT2D eigenvalue weighted by molar-refractivity contribution is -0.117. The Balaban J connectivity index is 2.69. The number of hydrogen-bond acceptors (Lipinski definition) is 3. The number of ketones is 2. The van der Waals surface area contributed by atoms with E-state index in [1.54, 1.807) is 30.9 Å². The number of hydrogen-bond donors (Lipinski definition) is 0. The van der Waals surface area contributed by atoms with Gasteiger partial charge in [0.25, 0.3) is 0 Å². The summed E-state index contributed by atoms with van der Waals surface area (Å²) in [6, 6.07) is 0. The SMILES string of the molecule is CCC(=O)CC(=O)c1nccn1C. The summed E-state index contributed by atoms with van der Waals surface area (Å²) in [6.07, 6.45) is 3.59. The van der Waals surface area contributed by atoms with Crippen LogP contribution in [-0.2, 0) is 11.8 Å². The third-order valence-corrected chi connectivity index (χ3v) is 1.82. The maximum absolute atomic E-state index is 11.4. The van der Waals surface area contributed by atoms with Crippen LogP contribution in [0.2, 0.25) is 0 Å². The zero-order chi connectivity index (χ0) is 9.84. The van der Waals surface area contributed by atoms with E-state index in [-0.39, 0.29) is 18.0 Å². The van der Waals surface area contributed by atoms with Gasteiger partial charge in [-0.15, -0.1) is 0 Å². The summed E-state index contributed by atoms with van der Waals surface area (Å²) in [4.78, 5) is 26.2. The molecule has 1 heterocycles. The molecule has 4 heteroatoms. The van der Waals surface area contributed by atoms with Crippen molar-refractivity contribution in [1.29, 1.82) is 0 Å². The van der Waals surface area contributed by atoms with Gasteiger partial charge in [0.15, 0.2) is 5.82 Å². The Hall–Kier alpha value is -1.45. The second-order valence-electron chi connectivity index (χ2n) is 2.85. The highest BCUT2D eigenvalue weighted by atomic mass is 16.1. The van der Waals surface area contributed by atoms with Crippen molar-refractivity contribution >= 4 is 11.6 Å². The summed E-state index contributed by atoms with van der Waals surface area (Å²) in [7, 11) is 1.73. The topological polar surface area (TPSA) is 52.0 Å². The molecule has 1 rings (SSSR count). The summed E-state index contributed by atoms with van der Waals surface area (Å²) in [6.45, 7) is 1.74. The fraction of sp³-hybridized carbons (Fsp3) is 0.444. The van der Waals surface area contributed by atoms with E-state index in [2.05, 4.69) is 4.98 Å². The molecule has 4 nitrogen and oxygen atoms in total. The molecular formula is C9H12N2O2. The van der Waals surface area contributed by atoms with Crippen LogP contribution in [0.25, 0.3) is 0 Å². The predicted octanol–water partition coefficient (Wildman–Crippen LogP) is 0.972. The van der Waals surface area contributed by atoms with E-state index in [4.69, 9.17) is 0 Å². The largest absolute Gasteiger partial charge is 0.332 e. The zero-order valence-electron chi connectivity index (χ0n) is 7.78. The van der Waals surface area contributed by atoms with Gasteiger partial charge in [0.2, 0.25) is 5.78 Å².